The van der Waals surface area contributed by atoms with Crippen LogP contribution in [0.2, 0.25) is 0 Å². The molecule has 0 unspecified atom stereocenters. The Morgan fingerprint density at radius 1 is 0.964 bits per heavy atom. The highest BCUT2D eigenvalue weighted by Crippen LogP contribution is 2.29. The molecule has 0 spiro atoms. The zero-order valence-electron chi connectivity index (χ0n) is 16.5. The van der Waals surface area contributed by atoms with E-state index in [4.69, 9.17) is 9.47 Å². The summed E-state index contributed by atoms with van der Waals surface area (Å²) in [5.74, 6) is 0.988. The van der Waals surface area contributed by atoms with Gasteiger partial charge in [-0.05, 0) is 50.1 Å². The monoisotopic (exact) mass is 382 g/mol. The molecule has 0 radical (unpaired) electrons. The zero-order valence-corrected chi connectivity index (χ0v) is 16.5. The third kappa shape index (κ3) is 4.44. The molecule has 6 heteroatoms. The number of hydrogen-bond acceptors (Lipinski definition) is 4. The van der Waals surface area contributed by atoms with Gasteiger partial charge in [0.25, 0.3) is 5.91 Å². The number of hydrogen-bond donors (Lipinski definition) is 1. The van der Waals surface area contributed by atoms with Crippen LogP contribution < -0.4 is 14.8 Å². The predicted molar refractivity (Wildman–Crippen MR) is 108 cm³/mol. The average molecular weight is 382 g/mol. The van der Waals surface area contributed by atoms with E-state index in [2.05, 4.69) is 5.32 Å². The number of amides is 2. The molecular formula is C22H26N2O4. The molecule has 1 aliphatic rings. The van der Waals surface area contributed by atoms with Crippen molar-refractivity contribution in [1.29, 1.82) is 0 Å². The maximum absolute atomic E-state index is 12.8. The second-order valence-electron chi connectivity index (χ2n) is 6.99. The molecule has 6 nitrogen and oxygen atoms in total. The van der Waals surface area contributed by atoms with Crippen molar-refractivity contribution in [3.63, 3.8) is 0 Å². The molecule has 0 atom stereocenters. The number of rotatable bonds is 5. The van der Waals surface area contributed by atoms with Gasteiger partial charge in [0.05, 0.1) is 14.2 Å². The van der Waals surface area contributed by atoms with Crippen molar-refractivity contribution < 1.29 is 19.1 Å². The molecule has 1 aliphatic heterocycles. The number of anilines is 1. The van der Waals surface area contributed by atoms with Crippen LogP contribution in [0.5, 0.6) is 11.5 Å². The Bertz CT molecular complexity index is 840. The average Bonchev–Trinajstić information content (AvgIpc) is 2.74. The third-order valence-corrected chi connectivity index (χ3v) is 5.10. The van der Waals surface area contributed by atoms with Gasteiger partial charge in [0.15, 0.2) is 11.5 Å². The molecule has 2 amide bonds. The smallest absolute Gasteiger partial charge is 0.253 e. The van der Waals surface area contributed by atoms with Crippen LogP contribution in [0.3, 0.4) is 0 Å². The first-order chi connectivity index (χ1) is 13.5. The largest absolute Gasteiger partial charge is 0.493 e. The highest BCUT2D eigenvalue weighted by molar-refractivity contribution is 5.96. The molecule has 1 fully saturated rings. The lowest BCUT2D eigenvalue weighted by Crippen LogP contribution is -2.41. The minimum atomic E-state index is -0.0873. The predicted octanol–water partition coefficient (Wildman–Crippen LogP) is 3.50. The Hall–Kier alpha value is -3.02. The summed E-state index contributed by atoms with van der Waals surface area (Å²) in [6, 6.07) is 12.9. The molecule has 3 rings (SSSR count). The molecule has 1 heterocycles. The maximum Gasteiger partial charge on any atom is 0.253 e. The van der Waals surface area contributed by atoms with E-state index in [0.29, 0.717) is 43.0 Å². The fourth-order valence-electron chi connectivity index (χ4n) is 3.38. The van der Waals surface area contributed by atoms with Crippen LogP contribution in [0.4, 0.5) is 5.69 Å². The van der Waals surface area contributed by atoms with Gasteiger partial charge in [-0.15, -0.1) is 0 Å². The summed E-state index contributed by atoms with van der Waals surface area (Å²) in [7, 11) is 3.11. The van der Waals surface area contributed by atoms with Crippen molar-refractivity contribution in [2.45, 2.75) is 19.8 Å². The van der Waals surface area contributed by atoms with Gasteiger partial charge >= 0.3 is 0 Å². The summed E-state index contributed by atoms with van der Waals surface area (Å²) in [6.45, 7) is 3.12. The number of likely N-dealkylation sites (tertiary alicyclic amines) is 1. The van der Waals surface area contributed by atoms with Gasteiger partial charge in [-0.25, -0.2) is 0 Å². The Kier molecular flexibility index (Phi) is 6.19. The first-order valence-corrected chi connectivity index (χ1v) is 9.40. The molecule has 0 aliphatic carbocycles. The second-order valence-corrected chi connectivity index (χ2v) is 6.99. The topological polar surface area (TPSA) is 67.9 Å². The lowest BCUT2D eigenvalue weighted by atomic mass is 9.95. The highest BCUT2D eigenvalue weighted by atomic mass is 16.5. The summed E-state index contributed by atoms with van der Waals surface area (Å²) in [5, 5.41) is 2.97. The van der Waals surface area contributed by atoms with E-state index in [0.717, 1.165) is 11.3 Å². The van der Waals surface area contributed by atoms with Crippen molar-refractivity contribution in [3.8, 4) is 11.5 Å². The lowest BCUT2D eigenvalue weighted by molar-refractivity contribution is -0.121. The molecule has 1 N–H and O–H groups in total. The molecule has 28 heavy (non-hydrogen) atoms. The molecule has 148 valence electrons. The minimum Gasteiger partial charge on any atom is -0.493 e. The van der Waals surface area contributed by atoms with E-state index in [1.807, 2.05) is 31.2 Å². The molecule has 1 saturated heterocycles. The minimum absolute atomic E-state index is 0.0158. The van der Waals surface area contributed by atoms with Crippen LogP contribution >= 0.6 is 0 Å². The van der Waals surface area contributed by atoms with E-state index in [1.54, 1.807) is 37.3 Å². The highest BCUT2D eigenvalue weighted by Gasteiger charge is 2.28. The molecule has 0 aromatic heterocycles. The SMILES string of the molecule is COc1ccc(C(=O)N2CCC(C(=O)Nc3ccc(C)cc3)CC2)cc1OC. The van der Waals surface area contributed by atoms with Gasteiger partial charge in [-0.2, -0.15) is 0 Å². The standard InChI is InChI=1S/C22H26N2O4/c1-15-4-7-18(8-5-15)23-21(25)16-10-12-24(13-11-16)22(26)17-6-9-19(27-2)20(14-17)28-3/h4-9,14,16H,10-13H2,1-3H3,(H,23,25). The van der Waals surface area contributed by atoms with Crippen LogP contribution in [0.25, 0.3) is 0 Å². The normalized spacial score (nSPS) is 14.5. The number of methoxy groups -OCH3 is 2. The Labute approximate surface area is 165 Å². The van der Waals surface area contributed by atoms with Crippen molar-refractivity contribution in [2.75, 3.05) is 32.6 Å². The molecule has 0 bridgehead atoms. The maximum atomic E-state index is 12.8. The lowest BCUT2D eigenvalue weighted by Gasteiger charge is -2.31. The molecular weight excluding hydrogens is 356 g/mol. The third-order valence-electron chi connectivity index (χ3n) is 5.10. The number of piperidine rings is 1. The second kappa shape index (κ2) is 8.78. The molecule has 0 saturated carbocycles. The van der Waals surface area contributed by atoms with Gasteiger partial charge in [0, 0.05) is 30.3 Å². The number of aryl methyl sites for hydroxylation is 1. The van der Waals surface area contributed by atoms with Gasteiger partial charge in [0.1, 0.15) is 0 Å². The zero-order chi connectivity index (χ0) is 20.1. The van der Waals surface area contributed by atoms with E-state index in [9.17, 15) is 9.59 Å². The molecule has 2 aromatic rings. The Balaban J connectivity index is 1.58. The van der Waals surface area contributed by atoms with Gasteiger partial charge < -0.3 is 19.7 Å². The van der Waals surface area contributed by atoms with E-state index >= 15 is 0 Å². The fourth-order valence-corrected chi connectivity index (χ4v) is 3.38. The van der Waals surface area contributed by atoms with Gasteiger partial charge in [-0.3, -0.25) is 9.59 Å². The van der Waals surface area contributed by atoms with Gasteiger partial charge in [0.2, 0.25) is 5.91 Å². The molecule has 2 aromatic carbocycles. The summed E-state index contributed by atoms with van der Waals surface area (Å²) in [6.07, 6.45) is 1.30. The van der Waals surface area contributed by atoms with E-state index < -0.39 is 0 Å². The Morgan fingerprint density at radius 3 is 2.21 bits per heavy atom. The first kappa shape index (κ1) is 19.7. The number of carbonyl (C=O) groups excluding carboxylic acids is 2. The van der Waals surface area contributed by atoms with Crippen LogP contribution in [-0.2, 0) is 4.79 Å². The van der Waals surface area contributed by atoms with Crippen molar-refractivity contribution in [1.82, 2.24) is 4.90 Å². The van der Waals surface area contributed by atoms with Crippen molar-refractivity contribution in [2.24, 2.45) is 5.92 Å². The number of carbonyl (C=O) groups is 2. The number of benzene rings is 2. The summed E-state index contributed by atoms with van der Waals surface area (Å²) >= 11 is 0. The van der Waals surface area contributed by atoms with Crippen LogP contribution in [-0.4, -0.2) is 44.0 Å². The van der Waals surface area contributed by atoms with Crippen LogP contribution in [0.1, 0.15) is 28.8 Å². The van der Waals surface area contributed by atoms with E-state index in [1.165, 1.54) is 0 Å². The fraction of sp³-hybridized carbons (Fsp3) is 0.364. The summed E-state index contributed by atoms with van der Waals surface area (Å²) in [4.78, 5) is 27.1. The number of nitrogens with zero attached hydrogens (tertiary/aromatic N) is 1. The quantitative estimate of drug-likeness (QED) is 0.859. The Morgan fingerprint density at radius 2 is 1.61 bits per heavy atom. The number of nitrogens with one attached hydrogen (secondary N) is 1. The summed E-state index contributed by atoms with van der Waals surface area (Å²) in [5.41, 5.74) is 2.51. The first-order valence-electron chi connectivity index (χ1n) is 9.40. The summed E-state index contributed by atoms with van der Waals surface area (Å²) < 4.78 is 10.5. The van der Waals surface area contributed by atoms with Crippen LogP contribution in [0, 0.1) is 12.8 Å². The van der Waals surface area contributed by atoms with Crippen molar-refractivity contribution in [3.05, 3.63) is 53.6 Å². The van der Waals surface area contributed by atoms with Gasteiger partial charge in [-0.1, -0.05) is 17.7 Å². The van der Waals surface area contributed by atoms with Crippen molar-refractivity contribution >= 4 is 17.5 Å². The van der Waals surface area contributed by atoms with Crippen LogP contribution in [0.15, 0.2) is 42.5 Å². The number of ether oxygens (including phenoxy) is 2. The van der Waals surface area contributed by atoms with E-state index in [-0.39, 0.29) is 17.7 Å².